The number of fused-ring (bicyclic) bond motifs is 7. The van der Waals surface area contributed by atoms with Crippen molar-refractivity contribution in [2.24, 2.45) is 11.8 Å². The number of hydrogen-bond donors (Lipinski definition) is 0. The van der Waals surface area contributed by atoms with Gasteiger partial charge in [0.2, 0.25) is 0 Å². The maximum absolute atomic E-state index is 6.33. The van der Waals surface area contributed by atoms with Gasteiger partial charge in [-0.3, -0.25) is 9.97 Å². The van der Waals surface area contributed by atoms with Crippen LogP contribution in [0.15, 0.2) is 94.0 Å². The van der Waals surface area contributed by atoms with Gasteiger partial charge in [0.25, 0.3) is 0 Å². The molecule has 10 aromatic rings. The lowest BCUT2D eigenvalue weighted by Crippen LogP contribution is -2.56. The summed E-state index contributed by atoms with van der Waals surface area (Å²) in [6.45, 7) is 9.51. The summed E-state index contributed by atoms with van der Waals surface area (Å²) in [6.07, 6.45) is 13.8. The predicted molar refractivity (Wildman–Crippen MR) is 268 cm³/mol. The van der Waals surface area contributed by atoms with E-state index in [1.54, 1.807) is 10.4 Å². The molecule has 2 unspecified atom stereocenters. The number of pyridine rings is 2. The quantitative estimate of drug-likeness (QED) is 0.0883. The highest BCUT2D eigenvalue weighted by Gasteiger charge is 2.50. The Morgan fingerprint density at radius 2 is 1.00 bits per heavy atom. The van der Waals surface area contributed by atoms with Gasteiger partial charge in [-0.05, 0) is 70.7 Å². The van der Waals surface area contributed by atoms with Gasteiger partial charge in [-0.1, -0.05) is 115 Å². The number of rotatable bonds is 16. The fraction of sp³-hybridized carbons (Fsp3) is 0.320. The van der Waals surface area contributed by atoms with Crippen molar-refractivity contribution in [1.29, 1.82) is 0 Å². The number of hydrogen-bond acceptors (Lipinski definition) is 12. The van der Waals surface area contributed by atoms with E-state index in [4.69, 9.17) is 36.3 Å². The van der Waals surface area contributed by atoms with E-state index in [9.17, 15) is 0 Å². The molecule has 0 radical (unpaired) electrons. The molecule has 1 aliphatic heterocycles. The van der Waals surface area contributed by atoms with Gasteiger partial charge in [0, 0.05) is 32.9 Å². The first-order valence-corrected chi connectivity index (χ1v) is 28.0. The minimum atomic E-state index is -2.37. The number of aromatic nitrogens is 6. The SMILES string of the molecule is CCCCC(CC)C[Si]1(CC(CC)CCCC)c2cc(-c3ncc(-c4cc5ccccc5o4)c4nsnc34)sc2-c2sc(-c3ncc(-c4cc5ccccc5o4)c4nsnc34)cc21. The molecule has 0 aliphatic carbocycles. The van der Waals surface area contributed by atoms with Crippen LogP contribution in [0.4, 0.5) is 0 Å². The van der Waals surface area contributed by atoms with Crippen molar-refractivity contribution in [2.75, 3.05) is 0 Å². The Morgan fingerprint density at radius 3 is 1.43 bits per heavy atom. The molecule has 0 bridgehead atoms. The highest BCUT2D eigenvalue weighted by Crippen LogP contribution is 2.50. The van der Waals surface area contributed by atoms with Crippen molar-refractivity contribution in [3.05, 3.63) is 85.2 Å². The lowest BCUT2D eigenvalue weighted by atomic mass is 10.0. The summed E-state index contributed by atoms with van der Waals surface area (Å²) in [5.74, 6) is 2.86. The first-order valence-electron chi connectivity index (χ1n) is 22.5. The number of benzene rings is 2. The second kappa shape index (κ2) is 16.9. The summed E-state index contributed by atoms with van der Waals surface area (Å²) < 4.78 is 32.2. The molecule has 13 heteroatoms. The van der Waals surface area contributed by atoms with Crippen molar-refractivity contribution in [2.45, 2.75) is 91.1 Å². The molecule has 0 saturated carbocycles. The van der Waals surface area contributed by atoms with Crippen LogP contribution in [-0.4, -0.2) is 35.5 Å². The maximum atomic E-state index is 6.33. The van der Waals surface area contributed by atoms with Crippen LogP contribution in [-0.2, 0) is 0 Å². The van der Waals surface area contributed by atoms with E-state index in [0.29, 0.717) is 11.8 Å². The topological polar surface area (TPSA) is 104 Å². The molecule has 8 nitrogen and oxygen atoms in total. The highest BCUT2D eigenvalue weighted by molar-refractivity contribution is 7.31. The summed E-state index contributed by atoms with van der Waals surface area (Å²) in [7, 11) is -2.37. The Bertz CT molecular complexity index is 2980. The van der Waals surface area contributed by atoms with Crippen LogP contribution >= 0.6 is 46.1 Å². The van der Waals surface area contributed by atoms with Gasteiger partial charge in [0.05, 0.1) is 44.3 Å². The van der Waals surface area contributed by atoms with E-state index < -0.39 is 8.07 Å². The Balaban J connectivity index is 1.08. The zero-order chi connectivity index (χ0) is 42.7. The molecule has 63 heavy (non-hydrogen) atoms. The molecule has 0 saturated heterocycles. The van der Waals surface area contributed by atoms with E-state index in [0.717, 1.165) is 78.0 Å². The Kier molecular flexibility index (Phi) is 10.9. The predicted octanol–water partition coefficient (Wildman–Crippen LogP) is 14.7. The van der Waals surface area contributed by atoms with Gasteiger partial charge in [0.15, 0.2) is 0 Å². The molecule has 0 fully saturated rings. The number of thiophene rings is 2. The second-order valence-corrected chi connectivity index (χ2v) is 24.5. The van der Waals surface area contributed by atoms with Crippen LogP contribution in [0.25, 0.3) is 97.5 Å². The van der Waals surface area contributed by atoms with Crippen molar-refractivity contribution >= 4 is 109 Å². The molecule has 8 aromatic heterocycles. The third kappa shape index (κ3) is 7.02. The van der Waals surface area contributed by atoms with Crippen LogP contribution in [0.5, 0.6) is 0 Å². The largest absolute Gasteiger partial charge is 0.456 e. The van der Waals surface area contributed by atoms with E-state index >= 15 is 0 Å². The third-order valence-corrected chi connectivity index (χ3v) is 22.8. The van der Waals surface area contributed by atoms with Crippen molar-refractivity contribution in [3.63, 3.8) is 0 Å². The molecular formula is C50H48N6O2S4Si. The number of nitrogens with zero attached hydrogens (tertiary/aromatic N) is 6. The lowest BCUT2D eigenvalue weighted by Gasteiger charge is -2.35. The minimum Gasteiger partial charge on any atom is -0.456 e. The monoisotopic (exact) mass is 920 g/mol. The van der Waals surface area contributed by atoms with Crippen LogP contribution in [0.2, 0.25) is 12.1 Å². The minimum absolute atomic E-state index is 0.664. The summed E-state index contributed by atoms with van der Waals surface area (Å²) >= 11 is 6.30. The smallest absolute Gasteiger partial charge is 0.139 e. The molecule has 0 spiro atoms. The lowest BCUT2D eigenvalue weighted by molar-refractivity contribution is 0.469. The number of furan rings is 2. The van der Waals surface area contributed by atoms with Crippen molar-refractivity contribution in [3.8, 4) is 53.5 Å². The standard InChI is InChI=1S/C50H48N6O2S4Si/c1-5-9-15-29(7-3)27-63(28-30(8-4)16-10-6-2)41-23-39(45-47-43(53-61-55-47)33(25-51-45)37-21-31-17-11-13-19-35(31)57-37)59-49(41)50-42(63)24-40(60-50)46-48-44(54-62-56-48)34(26-52-46)38-22-32-18-12-14-20-36(32)58-38/h11-14,17-26,29-30H,5-10,15-16,27-28H2,1-4H3. The third-order valence-electron chi connectivity index (χ3n) is 13.5. The summed E-state index contributed by atoms with van der Waals surface area (Å²) in [6, 6.07) is 28.1. The van der Waals surface area contributed by atoms with Gasteiger partial charge in [0.1, 0.15) is 64.2 Å². The Hall–Kier alpha value is -4.92. The molecule has 2 aromatic carbocycles. The summed E-state index contributed by atoms with van der Waals surface area (Å²) in [5.41, 5.74) is 8.65. The van der Waals surface area contributed by atoms with Crippen LogP contribution < -0.4 is 10.4 Å². The molecule has 1 aliphatic rings. The summed E-state index contributed by atoms with van der Waals surface area (Å²) in [5, 5.41) is 5.34. The maximum Gasteiger partial charge on any atom is 0.139 e. The van der Waals surface area contributed by atoms with E-state index in [-0.39, 0.29) is 0 Å². The average molecular weight is 921 g/mol. The number of para-hydroxylation sites is 2. The first kappa shape index (κ1) is 40.8. The fourth-order valence-corrected chi connectivity index (χ4v) is 21.6. The second-order valence-electron chi connectivity index (χ2n) is 17.3. The molecule has 2 atom stereocenters. The molecule has 318 valence electrons. The van der Waals surface area contributed by atoms with Gasteiger partial charge >= 0.3 is 0 Å². The molecular weight excluding hydrogens is 873 g/mol. The van der Waals surface area contributed by atoms with Crippen molar-refractivity contribution in [1.82, 2.24) is 27.5 Å². The molecule has 9 heterocycles. The van der Waals surface area contributed by atoms with Crippen LogP contribution in [0.1, 0.15) is 79.1 Å². The van der Waals surface area contributed by atoms with Gasteiger partial charge in [-0.15, -0.1) is 22.7 Å². The van der Waals surface area contributed by atoms with Gasteiger partial charge in [-0.2, -0.15) is 17.5 Å². The summed E-state index contributed by atoms with van der Waals surface area (Å²) in [4.78, 5) is 15.6. The Morgan fingerprint density at radius 1 is 0.556 bits per heavy atom. The average Bonchev–Trinajstić information content (AvgIpc) is 4.17. The van der Waals surface area contributed by atoms with E-state index in [1.165, 1.54) is 106 Å². The normalized spacial score (nSPS) is 14.3. The fourth-order valence-electron chi connectivity index (χ4n) is 10.1. The van der Waals surface area contributed by atoms with E-state index in [1.807, 2.05) is 71.5 Å². The zero-order valence-electron chi connectivity index (χ0n) is 35.9. The first-order chi connectivity index (χ1) is 31.0. The van der Waals surface area contributed by atoms with Crippen LogP contribution in [0.3, 0.4) is 0 Å². The van der Waals surface area contributed by atoms with Gasteiger partial charge < -0.3 is 8.83 Å². The Labute approximate surface area is 384 Å². The van der Waals surface area contributed by atoms with E-state index in [2.05, 4.69) is 64.1 Å². The van der Waals surface area contributed by atoms with Crippen LogP contribution in [0, 0.1) is 11.8 Å². The molecule has 11 rings (SSSR count). The zero-order valence-corrected chi connectivity index (χ0v) is 40.2. The number of unbranched alkanes of at least 4 members (excludes halogenated alkanes) is 2. The van der Waals surface area contributed by atoms with Crippen molar-refractivity contribution < 1.29 is 8.83 Å². The van der Waals surface area contributed by atoms with Gasteiger partial charge in [-0.25, -0.2) is 0 Å². The molecule has 0 amide bonds. The highest BCUT2D eigenvalue weighted by atomic mass is 32.1. The molecule has 0 N–H and O–H groups in total.